The summed E-state index contributed by atoms with van der Waals surface area (Å²) in [5, 5.41) is 0.462. The highest BCUT2D eigenvalue weighted by Crippen LogP contribution is 2.43. The van der Waals surface area contributed by atoms with E-state index in [0.717, 1.165) is 22.3 Å². The average Bonchev–Trinajstić information content (AvgIpc) is 3.15. The lowest BCUT2D eigenvalue weighted by Gasteiger charge is -2.26. The van der Waals surface area contributed by atoms with Gasteiger partial charge in [0.2, 0.25) is 5.76 Å². The molecule has 0 N–H and O–H groups in total. The first kappa shape index (κ1) is 23.7. The van der Waals surface area contributed by atoms with Crippen LogP contribution in [0.3, 0.4) is 0 Å². The molecule has 1 unspecified atom stereocenters. The molecule has 1 aromatic heterocycles. The van der Waals surface area contributed by atoms with Crippen molar-refractivity contribution in [2.24, 2.45) is 0 Å². The molecule has 0 bridgehead atoms. The molecule has 36 heavy (non-hydrogen) atoms. The molecule has 0 fully saturated rings. The SMILES string of the molecule is CCOc1ccc(C2c3c(oc4ccc(C)cc4c3=O)C(=O)N2c2ccc(C)c(C)c2)cc1OCC. The van der Waals surface area contributed by atoms with Crippen molar-refractivity contribution in [2.45, 2.75) is 40.7 Å². The van der Waals surface area contributed by atoms with Crippen LogP contribution in [-0.2, 0) is 0 Å². The van der Waals surface area contributed by atoms with Crippen LogP contribution in [-0.4, -0.2) is 19.1 Å². The summed E-state index contributed by atoms with van der Waals surface area (Å²) >= 11 is 0. The van der Waals surface area contributed by atoms with Crippen molar-refractivity contribution in [3.8, 4) is 11.5 Å². The Labute approximate surface area is 210 Å². The number of carbonyl (C=O) groups excluding carboxylic acids is 1. The zero-order chi connectivity index (χ0) is 25.6. The smallest absolute Gasteiger partial charge is 0.295 e. The Bertz CT molecular complexity index is 1550. The van der Waals surface area contributed by atoms with Crippen LogP contribution >= 0.6 is 0 Å². The van der Waals surface area contributed by atoms with Crippen LogP contribution in [0.25, 0.3) is 11.0 Å². The van der Waals surface area contributed by atoms with Gasteiger partial charge in [0.1, 0.15) is 5.58 Å². The van der Waals surface area contributed by atoms with Gasteiger partial charge in [0, 0.05) is 5.69 Å². The second kappa shape index (κ2) is 9.19. The van der Waals surface area contributed by atoms with Crippen molar-refractivity contribution < 1.29 is 18.7 Å². The van der Waals surface area contributed by atoms with Gasteiger partial charge >= 0.3 is 0 Å². The monoisotopic (exact) mass is 483 g/mol. The maximum Gasteiger partial charge on any atom is 0.295 e. The van der Waals surface area contributed by atoms with E-state index in [4.69, 9.17) is 13.9 Å². The van der Waals surface area contributed by atoms with Gasteiger partial charge in [0.25, 0.3) is 5.91 Å². The molecule has 1 aliphatic rings. The molecule has 5 rings (SSSR count). The van der Waals surface area contributed by atoms with Gasteiger partial charge in [-0.05, 0) is 87.7 Å². The summed E-state index contributed by atoms with van der Waals surface area (Å²) in [7, 11) is 0. The fourth-order valence-corrected chi connectivity index (χ4v) is 4.78. The van der Waals surface area contributed by atoms with Gasteiger partial charge in [-0.25, -0.2) is 0 Å². The maximum absolute atomic E-state index is 13.9. The Balaban J connectivity index is 1.79. The molecule has 0 aliphatic carbocycles. The van der Waals surface area contributed by atoms with E-state index in [1.165, 1.54) is 0 Å². The Morgan fingerprint density at radius 3 is 2.31 bits per heavy atom. The van der Waals surface area contributed by atoms with Crippen LogP contribution in [0, 0.1) is 20.8 Å². The maximum atomic E-state index is 13.9. The summed E-state index contributed by atoms with van der Waals surface area (Å²) in [6.07, 6.45) is 0. The largest absolute Gasteiger partial charge is 0.490 e. The first-order valence-corrected chi connectivity index (χ1v) is 12.2. The molecule has 0 saturated heterocycles. The normalized spacial score (nSPS) is 14.9. The van der Waals surface area contributed by atoms with Gasteiger partial charge in [-0.2, -0.15) is 0 Å². The van der Waals surface area contributed by atoms with E-state index in [2.05, 4.69) is 0 Å². The fraction of sp³-hybridized carbons (Fsp3) is 0.267. The van der Waals surface area contributed by atoms with Crippen LogP contribution in [0.1, 0.15) is 58.3 Å². The van der Waals surface area contributed by atoms with Crippen LogP contribution in [0.15, 0.2) is 63.8 Å². The summed E-state index contributed by atoms with van der Waals surface area (Å²) in [4.78, 5) is 29.4. The van der Waals surface area contributed by atoms with E-state index in [1.54, 1.807) is 11.0 Å². The highest BCUT2D eigenvalue weighted by atomic mass is 16.5. The average molecular weight is 484 g/mol. The summed E-state index contributed by atoms with van der Waals surface area (Å²) in [5.74, 6) is 0.918. The van der Waals surface area contributed by atoms with Crippen molar-refractivity contribution in [2.75, 3.05) is 18.1 Å². The first-order valence-electron chi connectivity index (χ1n) is 12.2. The van der Waals surface area contributed by atoms with Crippen molar-refractivity contribution in [1.29, 1.82) is 0 Å². The molecule has 0 radical (unpaired) electrons. The van der Waals surface area contributed by atoms with Gasteiger partial charge in [-0.3, -0.25) is 14.5 Å². The lowest BCUT2D eigenvalue weighted by molar-refractivity contribution is 0.0971. The number of amides is 1. The van der Waals surface area contributed by atoms with Crippen molar-refractivity contribution in [3.05, 3.63) is 98.4 Å². The van der Waals surface area contributed by atoms with Crippen LogP contribution < -0.4 is 19.8 Å². The number of fused-ring (bicyclic) bond motifs is 2. The number of nitrogens with zero attached hydrogens (tertiary/aromatic N) is 1. The van der Waals surface area contributed by atoms with Crippen molar-refractivity contribution in [3.63, 3.8) is 0 Å². The number of carbonyl (C=O) groups is 1. The van der Waals surface area contributed by atoms with E-state index < -0.39 is 6.04 Å². The molecule has 2 heterocycles. The number of hydrogen-bond donors (Lipinski definition) is 0. The summed E-state index contributed by atoms with van der Waals surface area (Å²) in [6, 6.07) is 16.2. The minimum Gasteiger partial charge on any atom is -0.490 e. The van der Waals surface area contributed by atoms with E-state index >= 15 is 0 Å². The molecule has 184 valence electrons. The molecule has 3 aromatic carbocycles. The second-order valence-corrected chi connectivity index (χ2v) is 9.09. The van der Waals surface area contributed by atoms with E-state index in [1.807, 2.05) is 83.1 Å². The number of aryl methyl sites for hydroxylation is 3. The van der Waals surface area contributed by atoms with Crippen LogP contribution in [0.4, 0.5) is 5.69 Å². The molecule has 1 amide bonds. The Morgan fingerprint density at radius 1 is 0.833 bits per heavy atom. The quantitative estimate of drug-likeness (QED) is 0.324. The lowest BCUT2D eigenvalue weighted by Crippen LogP contribution is -2.29. The van der Waals surface area contributed by atoms with Gasteiger partial charge in [-0.1, -0.05) is 23.8 Å². The zero-order valence-electron chi connectivity index (χ0n) is 21.2. The third kappa shape index (κ3) is 3.83. The topological polar surface area (TPSA) is 69.0 Å². The molecular formula is C30H29NO5. The van der Waals surface area contributed by atoms with Gasteiger partial charge in [-0.15, -0.1) is 0 Å². The molecule has 4 aromatic rings. The number of hydrogen-bond acceptors (Lipinski definition) is 5. The van der Waals surface area contributed by atoms with E-state index in [9.17, 15) is 9.59 Å². The predicted molar refractivity (Wildman–Crippen MR) is 141 cm³/mol. The van der Waals surface area contributed by atoms with E-state index in [-0.39, 0.29) is 17.1 Å². The van der Waals surface area contributed by atoms with Crippen LogP contribution in [0.5, 0.6) is 11.5 Å². The molecular weight excluding hydrogens is 454 g/mol. The number of benzene rings is 3. The Kier molecular flexibility index (Phi) is 6.04. The molecule has 0 saturated carbocycles. The lowest BCUT2D eigenvalue weighted by atomic mass is 9.97. The third-order valence-electron chi connectivity index (χ3n) is 6.68. The Morgan fingerprint density at radius 2 is 1.58 bits per heavy atom. The molecule has 6 nitrogen and oxygen atoms in total. The summed E-state index contributed by atoms with van der Waals surface area (Å²) in [6.45, 7) is 10.7. The minimum atomic E-state index is -0.675. The van der Waals surface area contributed by atoms with Crippen LogP contribution in [0.2, 0.25) is 0 Å². The van der Waals surface area contributed by atoms with Crippen molar-refractivity contribution >= 4 is 22.6 Å². The molecule has 1 aliphatic heterocycles. The molecule has 1 atom stereocenters. The summed E-state index contributed by atoms with van der Waals surface area (Å²) in [5.41, 5.74) is 5.10. The van der Waals surface area contributed by atoms with Gasteiger partial charge in [0.05, 0.1) is 30.2 Å². The van der Waals surface area contributed by atoms with Crippen molar-refractivity contribution in [1.82, 2.24) is 0 Å². The first-order chi connectivity index (χ1) is 17.3. The highest BCUT2D eigenvalue weighted by Gasteiger charge is 2.44. The number of ether oxygens (including phenoxy) is 2. The minimum absolute atomic E-state index is 0.0754. The molecule has 0 spiro atoms. The Hall–Kier alpha value is -4.06. The predicted octanol–water partition coefficient (Wildman–Crippen LogP) is 6.27. The molecule has 6 heteroatoms. The highest BCUT2D eigenvalue weighted by molar-refractivity contribution is 6.10. The standard InChI is InChI=1S/C30H29NO5/c1-6-34-24-13-10-20(16-25(24)35-7-2)27-26-28(32)22-14-17(3)8-12-23(22)36-29(26)30(33)31(27)21-11-9-18(4)19(5)15-21/h8-16,27H,6-7H2,1-5H3. The third-order valence-corrected chi connectivity index (χ3v) is 6.68. The summed E-state index contributed by atoms with van der Waals surface area (Å²) < 4.78 is 17.7. The van der Waals surface area contributed by atoms with E-state index in [0.29, 0.717) is 46.9 Å². The zero-order valence-corrected chi connectivity index (χ0v) is 21.2. The number of anilines is 1. The second-order valence-electron chi connectivity index (χ2n) is 9.09. The number of rotatable bonds is 6. The fourth-order valence-electron chi connectivity index (χ4n) is 4.78. The van der Waals surface area contributed by atoms with Gasteiger partial charge in [0.15, 0.2) is 16.9 Å². The van der Waals surface area contributed by atoms with Gasteiger partial charge < -0.3 is 13.9 Å².